The van der Waals surface area contributed by atoms with Crippen LogP contribution in [0, 0.1) is 17.5 Å². The van der Waals surface area contributed by atoms with Crippen molar-refractivity contribution in [1.82, 2.24) is 5.32 Å². The van der Waals surface area contributed by atoms with Crippen molar-refractivity contribution in [3.8, 4) is 0 Å². The Hall–Kier alpha value is -1.03. The van der Waals surface area contributed by atoms with Crippen molar-refractivity contribution in [3.05, 3.63) is 35.1 Å². The Balaban J connectivity index is 2.62. The molecule has 0 spiro atoms. The van der Waals surface area contributed by atoms with Crippen molar-refractivity contribution in [3.63, 3.8) is 0 Å². The van der Waals surface area contributed by atoms with Gasteiger partial charge in [-0.15, -0.1) is 0 Å². The van der Waals surface area contributed by atoms with Crippen molar-refractivity contribution in [2.75, 3.05) is 7.05 Å². The highest BCUT2D eigenvalue weighted by Gasteiger charge is 2.19. The minimum absolute atomic E-state index is 0.205. The Kier molecular flexibility index (Phi) is 6.92. The molecular formula is C15H22F3N. The second-order valence-corrected chi connectivity index (χ2v) is 4.81. The summed E-state index contributed by atoms with van der Waals surface area (Å²) in [6.45, 7) is 2.15. The van der Waals surface area contributed by atoms with E-state index in [1.54, 1.807) is 7.05 Å². The highest BCUT2D eigenvalue weighted by atomic mass is 19.2. The predicted molar refractivity (Wildman–Crippen MR) is 71.5 cm³/mol. The molecule has 0 heterocycles. The molecule has 1 rings (SSSR count). The third kappa shape index (κ3) is 4.53. The fraction of sp³-hybridized carbons (Fsp3) is 0.600. The number of rotatable bonds is 8. The Morgan fingerprint density at radius 2 is 1.68 bits per heavy atom. The van der Waals surface area contributed by atoms with Crippen molar-refractivity contribution in [2.45, 2.75) is 51.5 Å². The molecule has 1 atom stereocenters. The molecule has 0 radical (unpaired) electrons. The summed E-state index contributed by atoms with van der Waals surface area (Å²) in [6.07, 6.45) is 6.29. The zero-order valence-corrected chi connectivity index (χ0v) is 11.6. The fourth-order valence-electron chi connectivity index (χ4n) is 2.22. The SMILES string of the molecule is CCCCCCCC(NC)c1ccc(F)c(F)c1F. The van der Waals surface area contributed by atoms with Crippen LogP contribution in [0.4, 0.5) is 13.2 Å². The van der Waals surface area contributed by atoms with Gasteiger partial charge in [0.1, 0.15) is 0 Å². The number of benzene rings is 1. The fourth-order valence-corrected chi connectivity index (χ4v) is 2.22. The van der Waals surface area contributed by atoms with Gasteiger partial charge in [-0.2, -0.15) is 0 Å². The molecule has 1 aromatic carbocycles. The number of hydrogen-bond acceptors (Lipinski definition) is 1. The summed E-state index contributed by atoms with van der Waals surface area (Å²) in [4.78, 5) is 0. The Morgan fingerprint density at radius 1 is 1.00 bits per heavy atom. The predicted octanol–water partition coefficient (Wildman–Crippen LogP) is 4.72. The summed E-state index contributed by atoms with van der Waals surface area (Å²) >= 11 is 0. The van der Waals surface area contributed by atoms with Gasteiger partial charge < -0.3 is 5.32 Å². The number of nitrogens with one attached hydrogen (secondary N) is 1. The first-order chi connectivity index (χ1) is 9.11. The zero-order chi connectivity index (χ0) is 14.3. The molecule has 108 valence electrons. The van der Waals surface area contributed by atoms with Crippen LogP contribution in [-0.2, 0) is 0 Å². The second kappa shape index (κ2) is 8.20. The van der Waals surface area contributed by atoms with E-state index in [0.29, 0.717) is 0 Å². The molecule has 1 unspecified atom stereocenters. The Morgan fingerprint density at radius 3 is 2.32 bits per heavy atom. The lowest BCUT2D eigenvalue weighted by molar-refractivity contribution is 0.419. The molecule has 0 bridgehead atoms. The molecule has 1 aromatic rings. The molecule has 0 aliphatic carbocycles. The highest BCUT2D eigenvalue weighted by Crippen LogP contribution is 2.25. The van der Waals surface area contributed by atoms with Crippen LogP contribution in [0.3, 0.4) is 0 Å². The highest BCUT2D eigenvalue weighted by molar-refractivity contribution is 5.23. The van der Waals surface area contributed by atoms with Gasteiger partial charge in [-0.05, 0) is 19.5 Å². The van der Waals surface area contributed by atoms with Crippen LogP contribution in [0.2, 0.25) is 0 Å². The van der Waals surface area contributed by atoms with Crippen molar-refractivity contribution >= 4 is 0 Å². The molecule has 0 aliphatic rings. The van der Waals surface area contributed by atoms with Crippen LogP contribution in [0.1, 0.15) is 57.1 Å². The first-order valence-corrected chi connectivity index (χ1v) is 6.92. The number of unbranched alkanes of at least 4 members (excludes halogenated alkanes) is 4. The van der Waals surface area contributed by atoms with Gasteiger partial charge in [0, 0.05) is 11.6 Å². The van der Waals surface area contributed by atoms with E-state index in [1.165, 1.54) is 18.9 Å². The van der Waals surface area contributed by atoms with Crippen LogP contribution in [-0.4, -0.2) is 7.05 Å². The quantitative estimate of drug-likeness (QED) is 0.533. The van der Waals surface area contributed by atoms with Gasteiger partial charge in [0.15, 0.2) is 17.5 Å². The Labute approximate surface area is 113 Å². The maximum Gasteiger partial charge on any atom is 0.194 e. The van der Waals surface area contributed by atoms with Gasteiger partial charge in [-0.25, -0.2) is 13.2 Å². The third-order valence-electron chi connectivity index (χ3n) is 3.39. The Bertz CT molecular complexity index is 393. The summed E-state index contributed by atoms with van der Waals surface area (Å²) in [5.74, 6) is -3.60. The average molecular weight is 273 g/mol. The lowest BCUT2D eigenvalue weighted by atomic mass is 9.99. The van der Waals surface area contributed by atoms with Crippen LogP contribution < -0.4 is 5.32 Å². The van der Waals surface area contributed by atoms with Gasteiger partial charge in [0.05, 0.1) is 0 Å². The van der Waals surface area contributed by atoms with Crippen LogP contribution >= 0.6 is 0 Å². The molecule has 0 fully saturated rings. The van der Waals surface area contributed by atoms with Crippen molar-refractivity contribution < 1.29 is 13.2 Å². The van der Waals surface area contributed by atoms with Gasteiger partial charge in [0.25, 0.3) is 0 Å². The van der Waals surface area contributed by atoms with Crippen molar-refractivity contribution in [2.24, 2.45) is 0 Å². The molecule has 1 nitrogen and oxygen atoms in total. The van der Waals surface area contributed by atoms with Crippen LogP contribution in [0.25, 0.3) is 0 Å². The van der Waals surface area contributed by atoms with Crippen molar-refractivity contribution in [1.29, 1.82) is 0 Å². The molecule has 0 saturated carbocycles. The van der Waals surface area contributed by atoms with E-state index in [0.717, 1.165) is 31.7 Å². The normalized spacial score (nSPS) is 12.7. The van der Waals surface area contributed by atoms with Crippen LogP contribution in [0.15, 0.2) is 12.1 Å². The van der Waals surface area contributed by atoms with Gasteiger partial charge >= 0.3 is 0 Å². The first kappa shape index (κ1) is 16.0. The number of hydrogen-bond donors (Lipinski definition) is 1. The second-order valence-electron chi connectivity index (χ2n) is 4.81. The standard InChI is InChI=1S/C15H22F3N/c1-3-4-5-6-7-8-13(19-2)11-9-10-12(16)15(18)14(11)17/h9-10,13,19H,3-8H2,1-2H3. The zero-order valence-electron chi connectivity index (χ0n) is 11.6. The smallest absolute Gasteiger partial charge is 0.194 e. The molecule has 1 N–H and O–H groups in total. The minimum Gasteiger partial charge on any atom is -0.313 e. The average Bonchev–Trinajstić information content (AvgIpc) is 2.41. The van der Waals surface area contributed by atoms with E-state index in [1.807, 2.05) is 0 Å². The summed E-state index contributed by atoms with van der Waals surface area (Å²) in [5, 5.41) is 2.97. The van der Waals surface area contributed by atoms with Gasteiger partial charge in [0.2, 0.25) is 0 Å². The summed E-state index contributed by atoms with van der Waals surface area (Å²) in [6, 6.07) is 2.03. The lowest BCUT2D eigenvalue weighted by Crippen LogP contribution is -2.18. The molecule has 0 aromatic heterocycles. The lowest BCUT2D eigenvalue weighted by Gasteiger charge is -2.17. The minimum atomic E-state index is -1.39. The van der Waals surface area contributed by atoms with E-state index in [-0.39, 0.29) is 11.6 Å². The summed E-state index contributed by atoms with van der Waals surface area (Å²) in [5.41, 5.74) is 0.205. The van der Waals surface area contributed by atoms with Gasteiger partial charge in [-0.3, -0.25) is 0 Å². The molecule has 0 saturated heterocycles. The van der Waals surface area contributed by atoms with Crippen LogP contribution in [0.5, 0.6) is 0 Å². The summed E-state index contributed by atoms with van der Waals surface area (Å²) in [7, 11) is 1.71. The van der Waals surface area contributed by atoms with E-state index >= 15 is 0 Å². The van der Waals surface area contributed by atoms with E-state index in [9.17, 15) is 13.2 Å². The monoisotopic (exact) mass is 273 g/mol. The van der Waals surface area contributed by atoms with E-state index < -0.39 is 17.5 Å². The molecule has 4 heteroatoms. The number of halogens is 3. The topological polar surface area (TPSA) is 12.0 Å². The molecule has 0 aliphatic heterocycles. The first-order valence-electron chi connectivity index (χ1n) is 6.92. The third-order valence-corrected chi connectivity index (χ3v) is 3.39. The van der Waals surface area contributed by atoms with E-state index in [4.69, 9.17) is 0 Å². The molecular weight excluding hydrogens is 251 g/mol. The van der Waals surface area contributed by atoms with Gasteiger partial charge in [-0.1, -0.05) is 45.1 Å². The largest absolute Gasteiger partial charge is 0.313 e. The molecule has 0 amide bonds. The maximum atomic E-state index is 13.7. The maximum absolute atomic E-state index is 13.7. The molecule has 19 heavy (non-hydrogen) atoms. The summed E-state index contributed by atoms with van der Waals surface area (Å²) < 4.78 is 39.8. The van der Waals surface area contributed by atoms with E-state index in [2.05, 4.69) is 12.2 Å².